The Hall–Kier alpha value is -1.62. The third-order valence-corrected chi connectivity index (χ3v) is 2.50. The largest absolute Gasteiger partial charge is 0.389 e. The van der Waals surface area contributed by atoms with Crippen LogP contribution in [0.1, 0.15) is 31.2 Å². The number of nitrogens with zero attached hydrogens (tertiary/aromatic N) is 2. The maximum absolute atomic E-state index is 13.1. The van der Waals surface area contributed by atoms with Gasteiger partial charge in [-0.05, 0) is 24.6 Å². The van der Waals surface area contributed by atoms with Crippen molar-refractivity contribution in [3.63, 3.8) is 0 Å². The summed E-state index contributed by atoms with van der Waals surface area (Å²) in [4.78, 5) is 7.79. The molecule has 0 fully saturated rings. The number of hydrogen-bond acceptors (Lipinski definition) is 3. The molecule has 1 aromatic heterocycles. The quantitative estimate of drug-likeness (QED) is 0.875. The molecule has 2 aromatic rings. The lowest BCUT2D eigenvalue weighted by Gasteiger charge is -2.10. The molecule has 1 heterocycles. The topological polar surface area (TPSA) is 46.0 Å². The van der Waals surface area contributed by atoms with Crippen LogP contribution in [0.15, 0.2) is 24.4 Å². The molecule has 0 spiro atoms. The summed E-state index contributed by atoms with van der Waals surface area (Å²) in [5.74, 6) is -3.01. The van der Waals surface area contributed by atoms with Gasteiger partial charge in [0.25, 0.3) is 5.92 Å². The van der Waals surface area contributed by atoms with Crippen LogP contribution in [0.25, 0.3) is 11.0 Å². The molecule has 0 saturated heterocycles. The van der Waals surface area contributed by atoms with E-state index in [1.807, 2.05) is 0 Å². The van der Waals surface area contributed by atoms with E-state index in [0.717, 1.165) is 13.1 Å². The number of fused-ring (bicyclic) bond motifs is 1. The van der Waals surface area contributed by atoms with Crippen LogP contribution in [0.5, 0.6) is 0 Å². The molecule has 2 rings (SSSR count). The maximum Gasteiger partial charge on any atom is 0.288 e. The predicted octanol–water partition coefficient (Wildman–Crippen LogP) is 2.79. The second-order valence-electron chi connectivity index (χ2n) is 4.07. The number of rotatable bonds is 2. The van der Waals surface area contributed by atoms with Gasteiger partial charge < -0.3 is 5.11 Å². The van der Waals surface area contributed by atoms with Crippen molar-refractivity contribution < 1.29 is 13.9 Å². The molecule has 0 amide bonds. The van der Waals surface area contributed by atoms with Gasteiger partial charge in [-0.25, -0.2) is 4.98 Å². The lowest BCUT2D eigenvalue weighted by atomic mass is 10.1. The minimum Gasteiger partial charge on any atom is -0.389 e. The van der Waals surface area contributed by atoms with Gasteiger partial charge in [0.1, 0.15) is 5.69 Å². The van der Waals surface area contributed by atoms with Crippen molar-refractivity contribution >= 4 is 11.0 Å². The monoisotopic (exact) mass is 238 g/mol. The van der Waals surface area contributed by atoms with Gasteiger partial charge in [0, 0.05) is 6.92 Å². The van der Waals surface area contributed by atoms with Gasteiger partial charge >= 0.3 is 0 Å². The van der Waals surface area contributed by atoms with Crippen LogP contribution in [0.2, 0.25) is 0 Å². The van der Waals surface area contributed by atoms with E-state index in [9.17, 15) is 13.9 Å². The molecule has 0 aliphatic carbocycles. The summed E-state index contributed by atoms with van der Waals surface area (Å²) >= 11 is 0. The zero-order valence-electron chi connectivity index (χ0n) is 9.48. The number of halogens is 2. The normalized spacial score (nSPS) is 13.9. The Balaban J connectivity index is 2.59. The van der Waals surface area contributed by atoms with Crippen LogP contribution in [-0.2, 0) is 5.92 Å². The average Bonchev–Trinajstić information content (AvgIpc) is 2.26. The molecule has 1 N–H and O–H groups in total. The second-order valence-corrected chi connectivity index (χ2v) is 4.07. The van der Waals surface area contributed by atoms with Gasteiger partial charge in [-0.3, -0.25) is 4.98 Å². The van der Waals surface area contributed by atoms with E-state index in [0.29, 0.717) is 16.6 Å². The van der Waals surface area contributed by atoms with Gasteiger partial charge in [0.15, 0.2) is 0 Å². The van der Waals surface area contributed by atoms with E-state index >= 15 is 0 Å². The van der Waals surface area contributed by atoms with Crippen LogP contribution >= 0.6 is 0 Å². The maximum atomic E-state index is 13.1. The zero-order chi connectivity index (χ0) is 12.6. The molecule has 3 nitrogen and oxygen atoms in total. The highest BCUT2D eigenvalue weighted by atomic mass is 19.3. The Morgan fingerprint density at radius 3 is 2.59 bits per heavy atom. The minimum atomic E-state index is -3.01. The Bertz CT molecular complexity index is 550. The molecule has 5 heteroatoms. The molecule has 90 valence electrons. The first kappa shape index (κ1) is 11.9. The van der Waals surface area contributed by atoms with Crippen molar-refractivity contribution in [2.45, 2.75) is 25.9 Å². The molecule has 1 atom stereocenters. The van der Waals surface area contributed by atoms with Crippen molar-refractivity contribution in [3.8, 4) is 0 Å². The molecule has 0 saturated carbocycles. The number of aliphatic hydroxyl groups is 1. The Morgan fingerprint density at radius 1 is 1.29 bits per heavy atom. The van der Waals surface area contributed by atoms with Gasteiger partial charge in [-0.15, -0.1) is 0 Å². The number of alkyl halides is 2. The summed E-state index contributed by atoms with van der Waals surface area (Å²) in [6.45, 7) is 2.38. The average molecular weight is 238 g/mol. The Kier molecular flexibility index (Phi) is 2.79. The number of benzene rings is 1. The number of aliphatic hydroxyl groups excluding tert-OH is 1. The predicted molar refractivity (Wildman–Crippen MR) is 59.7 cm³/mol. The SMILES string of the molecule is CC(O)c1ccc2ncc(C(C)(F)F)nc2c1. The summed E-state index contributed by atoms with van der Waals surface area (Å²) < 4.78 is 26.2. The molecular formula is C12H12F2N2O. The molecule has 0 aliphatic rings. The molecule has 1 unspecified atom stereocenters. The first-order chi connectivity index (χ1) is 7.88. The van der Waals surface area contributed by atoms with Crippen LogP contribution in [0, 0.1) is 0 Å². The lowest BCUT2D eigenvalue weighted by molar-refractivity contribution is 0.0127. The summed E-state index contributed by atoms with van der Waals surface area (Å²) in [5.41, 5.74) is 1.15. The lowest BCUT2D eigenvalue weighted by Crippen LogP contribution is -2.10. The van der Waals surface area contributed by atoms with E-state index in [1.54, 1.807) is 25.1 Å². The third kappa shape index (κ3) is 2.39. The molecular weight excluding hydrogens is 226 g/mol. The van der Waals surface area contributed by atoms with Crippen molar-refractivity contribution in [2.75, 3.05) is 0 Å². The van der Waals surface area contributed by atoms with Gasteiger partial charge in [-0.2, -0.15) is 8.78 Å². The fourth-order valence-electron chi connectivity index (χ4n) is 1.50. The number of aromatic nitrogens is 2. The molecule has 0 bridgehead atoms. The second kappa shape index (κ2) is 4.00. The summed E-state index contributed by atoms with van der Waals surface area (Å²) in [6, 6.07) is 4.93. The van der Waals surface area contributed by atoms with Crippen molar-refractivity contribution in [2.24, 2.45) is 0 Å². The third-order valence-electron chi connectivity index (χ3n) is 2.50. The molecule has 0 radical (unpaired) electrons. The fraction of sp³-hybridized carbons (Fsp3) is 0.333. The van der Waals surface area contributed by atoms with Crippen molar-refractivity contribution in [3.05, 3.63) is 35.7 Å². The summed E-state index contributed by atoms with van der Waals surface area (Å²) in [7, 11) is 0. The van der Waals surface area contributed by atoms with Gasteiger partial charge in [0.05, 0.1) is 23.3 Å². The highest BCUT2D eigenvalue weighted by molar-refractivity contribution is 5.75. The van der Waals surface area contributed by atoms with E-state index in [-0.39, 0.29) is 5.69 Å². The van der Waals surface area contributed by atoms with Gasteiger partial charge in [0.2, 0.25) is 0 Å². The van der Waals surface area contributed by atoms with E-state index < -0.39 is 12.0 Å². The first-order valence-electron chi connectivity index (χ1n) is 5.21. The Labute approximate surface area is 97.1 Å². The number of hydrogen-bond donors (Lipinski definition) is 1. The van der Waals surface area contributed by atoms with Crippen LogP contribution in [0.3, 0.4) is 0 Å². The zero-order valence-corrected chi connectivity index (χ0v) is 9.48. The molecule has 0 aliphatic heterocycles. The summed E-state index contributed by atoms with van der Waals surface area (Å²) in [5, 5.41) is 9.42. The molecule has 1 aromatic carbocycles. The van der Waals surface area contributed by atoms with E-state index in [1.165, 1.54) is 0 Å². The summed E-state index contributed by atoms with van der Waals surface area (Å²) in [6.07, 6.45) is 0.414. The minimum absolute atomic E-state index is 0.363. The van der Waals surface area contributed by atoms with Gasteiger partial charge in [-0.1, -0.05) is 6.07 Å². The first-order valence-corrected chi connectivity index (χ1v) is 5.21. The Morgan fingerprint density at radius 2 is 2.00 bits per heavy atom. The van der Waals surface area contributed by atoms with Crippen molar-refractivity contribution in [1.29, 1.82) is 0 Å². The van der Waals surface area contributed by atoms with Crippen LogP contribution in [0.4, 0.5) is 8.78 Å². The fourth-order valence-corrected chi connectivity index (χ4v) is 1.50. The van der Waals surface area contributed by atoms with Crippen LogP contribution < -0.4 is 0 Å². The van der Waals surface area contributed by atoms with Crippen LogP contribution in [-0.4, -0.2) is 15.1 Å². The van der Waals surface area contributed by atoms with Crippen molar-refractivity contribution in [1.82, 2.24) is 9.97 Å². The standard InChI is InChI=1S/C12H12F2N2O/c1-7(17)8-3-4-9-10(5-8)16-11(6-15-9)12(2,13)14/h3-7,17H,1-2H3. The smallest absolute Gasteiger partial charge is 0.288 e. The van der Waals surface area contributed by atoms with E-state index in [4.69, 9.17) is 0 Å². The highest BCUT2D eigenvalue weighted by Gasteiger charge is 2.26. The highest BCUT2D eigenvalue weighted by Crippen LogP contribution is 2.26. The molecule has 17 heavy (non-hydrogen) atoms. The van der Waals surface area contributed by atoms with E-state index in [2.05, 4.69) is 9.97 Å².